The van der Waals surface area contributed by atoms with Crippen LogP contribution in [0.2, 0.25) is 0 Å². The Bertz CT molecular complexity index is 2630. The Morgan fingerprint density at radius 1 is 0.588 bits per heavy atom. The molecule has 8 aromatic rings. The Kier molecular flexibility index (Phi) is 7.55. The molecule has 0 spiro atoms. The molecule has 0 unspecified atom stereocenters. The zero-order valence-electron chi connectivity index (χ0n) is 29.9. The van der Waals surface area contributed by atoms with Crippen LogP contribution in [-0.4, -0.2) is 0 Å². The number of benzene rings is 7. The van der Waals surface area contributed by atoms with Crippen molar-refractivity contribution in [3.8, 4) is 22.3 Å². The van der Waals surface area contributed by atoms with E-state index in [1.54, 1.807) is 0 Å². The molecule has 1 aliphatic carbocycles. The van der Waals surface area contributed by atoms with E-state index in [2.05, 4.69) is 167 Å². The van der Waals surface area contributed by atoms with E-state index in [0.717, 1.165) is 36.0 Å². The molecule has 9 rings (SSSR count). The zero-order chi connectivity index (χ0) is 34.7. The number of hydrogen-bond acceptors (Lipinski definition) is 1. The maximum absolute atomic E-state index is 6.40. The third-order valence-corrected chi connectivity index (χ3v) is 11.0. The number of furan rings is 1. The highest BCUT2D eigenvalue weighted by Gasteiger charge is 2.20. The van der Waals surface area contributed by atoms with Crippen molar-refractivity contribution in [3.05, 3.63) is 168 Å². The molecule has 0 saturated carbocycles. The van der Waals surface area contributed by atoms with Gasteiger partial charge in [0.05, 0.1) is 0 Å². The Balaban J connectivity index is 1.12. The second-order valence-corrected chi connectivity index (χ2v) is 15.2. The van der Waals surface area contributed by atoms with Crippen LogP contribution in [-0.2, 0) is 11.8 Å². The van der Waals surface area contributed by atoms with Gasteiger partial charge in [-0.15, -0.1) is 0 Å². The molecule has 0 atom stereocenters. The molecule has 0 aliphatic heterocycles. The molecular weight excluding hydrogens is 617 g/mol. The van der Waals surface area contributed by atoms with Crippen LogP contribution >= 0.6 is 0 Å². The van der Waals surface area contributed by atoms with E-state index in [0.29, 0.717) is 0 Å². The van der Waals surface area contributed by atoms with Crippen molar-refractivity contribution in [1.82, 2.24) is 0 Å². The van der Waals surface area contributed by atoms with Gasteiger partial charge in [0.2, 0.25) is 0 Å². The van der Waals surface area contributed by atoms with Crippen LogP contribution in [0.15, 0.2) is 150 Å². The first-order valence-electron chi connectivity index (χ1n) is 18.3. The van der Waals surface area contributed by atoms with Gasteiger partial charge >= 0.3 is 0 Å². The van der Waals surface area contributed by atoms with Gasteiger partial charge in [-0.2, -0.15) is 0 Å². The van der Waals surface area contributed by atoms with Gasteiger partial charge in [-0.25, -0.2) is 0 Å². The van der Waals surface area contributed by atoms with Crippen LogP contribution in [0.3, 0.4) is 0 Å². The molecule has 1 aliphatic rings. The SMILES string of the molecule is C/C(=C\C=C1/CCCc2cc(-c3cccc4c3oc3ccccc34)ccc21)c1c2ccccc2c(-c2ccc(C(C)(C)C)cc2)c2ccccc12. The van der Waals surface area contributed by atoms with Crippen LogP contribution in [0.4, 0.5) is 0 Å². The van der Waals surface area contributed by atoms with E-state index in [9.17, 15) is 0 Å². The van der Waals surface area contributed by atoms with Crippen LogP contribution in [0, 0.1) is 0 Å². The number of rotatable bonds is 4. The normalized spacial score (nSPS) is 14.6. The first-order chi connectivity index (χ1) is 24.8. The molecule has 0 radical (unpaired) electrons. The van der Waals surface area contributed by atoms with Gasteiger partial charge in [0.1, 0.15) is 11.2 Å². The predicted molar refractivity (Wildman–Crippen MR) is 219 cm³/mol. The fraction of sp³-hybridized carbons (Fsp3) is 0.160. The third kappa shape index (κ3) is 5.40. The molecule has 51 heavy (non-hydrogen) atoms. The van der Waals surface area contributed by atoms with Gasteiger partial charge in [-0.3, -0.25) is 0 Å². The molecule has 1 heterocycles. The molecule has 0 N–H and O–H groups in total. The maximum atomic E-state index is 6.40. The average molecular weight is 659 g/mol. The molecule has 0 fully saturated rings. The van der Waals surface area contributed by atoms with Crippen LogP contribution in [0.1, 0.15) is 62.8 Å². The minimum absolute atomic E-state index is 0.119. The van der Waals surface area contributed by atoms with E-state index >= 15 is 0 Å². The summed E-state index contributed by atoms with van der Waals surface area (Å²) in [6.45, 7) is 9.11. The van der Waals surface area contributed by atoms with Gasteiger partial charge in [0.15, 0.2) is 0 Å². The summed E-state index contributed by atoms with van der Waals surface area (Å²) in [5.74, 6) is 0. The first-order valence-corrected chi connectivity index (χ1v) is 18.3. The Hall–Kier alpha value is -5.66. The van der Waals surface area contributed by atoms with E-state index in [1.165, 1.54) is 82.4 Å². The van der Waals surface area contributed by atoms with E-state index in [4.69, 9.17) is 4.42 Å². The summed E-state index contributed by atoms with van der Waals surface area (Å²) in [6.07, 6.45) is 8.07. The highest BCUT2D eigenvalue weighted by atomic mass is 16.3. The maximum Gasteiger partial charge on any atom is 0.143 e. The highest BCUT2D eigenvalue weighted by Crippen LogP contribution is 2.43. The Morgan fingerprint density at radius 3 is 1.92 bits per heavy atom. The molecule has 0 saturated heterocycles. The lowest BCUT2D eigenvalue weighted by molar-refractivity contribution is 0.590. The Labute approximate surface area is 300 Å². The molecular formula is C50H42O. The third-order valence-electron chi connectivity index (χ3n) is 11.0. The molecule has 0 amide bonds. The molecule has 1 nitrogen and oxygen atoms in total. The molecule has 7 aromatic carbocycles. The van der Waals surface area contributed by atoms with Crippen molar-refractivity contribution in [1.29, 1.82) is 0 Å². The van der Waals surface area contributed by atoms with Gasteiger partial charge in [0, 0.05) is 16.3 Å². The minimum atomic E-state index is 0.119. The fourth-order valence-electron chi connectivity index (χ4n) is 8.34. The summed E-state index contributed by atoms with van der Waals surface area (Å²) in [5, 5.41) is 7.53. The van der Waals surface area contributed by atoms with Crippen molar-refractivity contribution in [2.75, 3.05) is 0 Å². The summed E-state index contributed by atoms with van der Waals surface area (Å²) >= 11 is 0. The minimum Gasteiger partial charge on any atom is -0.455 e. The van der Waals surface area contributed by atoms with Crippen molar-refractivity contribution in [2.24, 2.45) is 0 Å². The lowest BCUT2D eigenvalue weighted by Gasteiger charge is -2.21. The van der Waals surface area contributed by atoms with Gasteiger partial charge in [-0.05, 0) is 109 Å². The first kappa shape index (κ1) is 31.3. The second kappa shape index (κ2) is 12.3. The number of aryl methyl sites for hydroxylation is 1. The lowest BCUT2D eigenvalue weighted by Crippen LogP contribution is -2.10. The molecule has 0 bridgehead atoms. The summed E-state index contributed by atoms with van der Waals surface area (Å²) < 4.78 is 6.40. The average Bonchev–Trinajstić information content (AvgIpc) is 3.54. The summed E-state index contributed by atoms with van der Waals surface area (Å²) in [5.41, 5.74) is 15.1. The zero-order valence-corrected chi connectivity index (χ0v) is 29.9. The van der Waals surface area contributed by atoms with Gasteiger partial charge in [-0.1, -0.05) is 160 Å². The predicted octanol–water partition coefficient (Wildman–Crippen LogP) is 14.3. The van der Waals surface area contributed by atoms with Gasteiger partial charge in [0.25, 0.3) is 0 Å². The van der Waals surface area contributed by atoms with Crippen molar-refractivity contribution < 1.29 is 4.42 Å². The summed E-state index contributed by atoms with van der Waals surface area (Å²) in [6, 6.07) is 49.0. The number of allylic oxidation sites excluding steroid dienone is 4. The molecule has 248 valence electrons. The summed E-state index contributed by atoms with van der Waals surface area (Å²) in [4.78, 5) is 0. The second-order valence-electron chi connectivity index (χ2n) is 15.2. The van der Waals surface area contributed by atoms with Crippen LogP contribution in [0.5, 0.6) is 0 Å². The number of para-hydroxylation sites is 2. The van der Waals surface area contributed by atoms with Gasteiger partial charge < -0.3 is 4.42 Å². The smallest absolute Gasteiger partial charge is 0.143 e. The van der Waals surface area contributed by atoms with E-state index in [1.807, 2.05) is 6.07 Å². The van der Waals surface area contributed by atoms with E-state index < -0.39 is 0 Å². The van der Waals surface area contributed by atoms with E-state index in [-0.39, 0.29) is 5.41 Å². The largest absolute Gasteiger partial charge is 0.455 e. The fourth-order valence-corrected chi connectivity index (χ4v) is 8.34. The quantitative estimate of drug-likeness (QED) is 0.172. The monoisotopic (exact) mass is 658 g/mol. The summed E-state index contributed by atoms with van der Waals surface area (Å²) in [7, 11) is 0. The number of hydrogen-bond donors (Lipinski definition) is 0. The lowest BCUT2D eigenvalue weighted by atomic mass is 9.83. The molecule has 1 aromatic heterocycles. The van der Waals surface area contributed by atoms with Crippen molar-refractivity contribution in [3.63, 3.8) is 0 Å². The molecule has 1 heteroatoms. The van der Waals surface area contributed by atoms with Crippen molar-refractivity contribution in [2.45, 2.75) is 52.4 Å². The standard InChI is InChI=1S/C50H42O/c1-32(47-41-16-5-7-18-43(41)48(44-19-8-6-17-42(44)47)34-25-28-37(29-26-34)50(2,3)4)23-24-33-13-11-14-35-31-36(27-30-38(33)35)39-20-12-21-45-40-15-9-10-22-46(40)51-49(39)45/h5-10,12,15-31H,11,13-14H2,1-4H3/b32-23+,33-24+. The van der Waals surface area contributed by atoms with Crippen LogP contribution < -0.4 is 0 Å². The van der Waals surface area contributed by atoms with Crippen molar-refractivity contribution >= 4 is 54.6 Å². The Morgan fingerprint density at radius 2 is 1.22 bits per heavy atom. The van der Waals surface area contributed by atoms with Crippen LogP contribution in [0.25, 0.3) is 76.9 Å². The topological polar surface area (TPSA) is 13.1 Å². The number of fused-ring (bicyclic) bond motifs is 6. The highest BCUT2D eigenvalue weighted by molar-refractivity contribution is 6.18.